The average Bonchev–Trinajstić information content (AvgIpc) is 3.00. The zero-order valence-electron chi connectivity index (χ0n) is 26.4. The molecule has 0 radical (unpaired) electrons. The highest BCUT2D eigenvalue weighted by Crippen LogP contribution is 2.15. The van der Waals surface area contributed by atoms with Gasteiger partial charge in [-0.3, -0.25) is 9.59 Å². The summed E-state index contributed by atoms with van der Waals surface area (Å²) < 4.78 is 38.1. The maximum absolute atomic E-state index is 11.5. The Balaban J connectivity index is 1.77. The molecule has 10 nitrogen and oxygen atoms in total. The van der Waals surface area contributed by atoms with Gasteiger partial charge >= 0.3 is 11.9 Å². The van der Waals surface area contributed by atoms with E-state index in [1.165, 1.54) is 50.5 Å². The summed E-state index contributed by atoms with van der Waals surface area (Å²) in [5.41, 5.74) is 1.37. The lowest BCUT2D eigenvalue weighted by molar-refractivity contribution is -0.146. The summed E-state index contributed by atoms with van der Waals surface area (Å²) in [7, 11) is 0. The summed E-state index contributed by atoms with van der Waals surface area (Å²) in [6, 6.07) is 8.40. The van der Waals surface area contributed by atoms with E-state index in [1.54, 1.807) is 0 Å². The number of aryl methyl sites for hydroxylation is 1. The first-order valence-corrected chi connectivity index (χ1v) is 16.1. The van der Waals surface area contributed by atoms with Crippen LogP contribution in [-0.4, -0.2) is 96.3 Å². The molecule has 1 aromatic rings. The van der Waals surface area contributed by atoms with Gasteiger partial charge in [0, 0.05) is 12.8 Å². The van der Waals surface area contributed by atoms with Crippen LogP contribution in [0.2, 0.25) is 0 Å². The Morgan fingerprint density at radius 1 is 0.558 bits per heavy atom. The molecule has 0 heterocycles. The third kappa shape index (κ3) is 27.1. The van der Waals surface area contributed by atoms with E-state index >= 15 is 0 Å². The van der Waals surface area contributed by atoms with Gasteiger partial charge in [0.15, 0.2) is 0 Å². The van der Waals surface area contributed by atoms with Crippen LogP contribution in [0.4, 0.5) is 0 Å². The number of aliphatic carboxylic acids is 1. The van der Waals surface area contributed by atoms with Crippen molar-refractivity contribution >= 4 is 11.9 Å². The van der Waals surface area contributed by atoms with Gasteiger partial charge in [0.25, 0.3) is 0 Å². The first-order chi connectivity index (χ1) is 21.1. The average molecular weight is 613 g/mol. The molecular formula is C33H56O10. The fraction of sp³-hybridized carbons (Fsp3) is 0.758. The van der Waals surface area contributed by atoms with Gasteiger partial charge < -0.3 is 38.3 Å². The van der Waals surface area contributed by atoms with Crippen molar-refractivity contribution < 1.29 is 47.9 Å². The number of carboxylic acids is 1. The van der Waals surface area contributed by atoms with E-state index in [0.29, 0.717) is 85.5 Å². The second-order valence-corrected chi connectivity index (χ2v) is 10.2. The van der Waals surface area contributed by atoms with Crippen LogP contribution in [0.1, 0.15) is 83.1 Å². The molecular weight excluding hydrogens is 556 g/mol. The van der Waals surface area contributed by atoms with E-state index in [1.807, 2.05) is 12.1 Å². The summed E-state index contributed by atoms with van der Waals surface area (Å²) in [5.74, 6) is -0.321. The van der Waals surface area contributed by atoms with E-state index < -0.39 is 5.97 Å². The van der Waals surface area contributed by atoms with Crippen LogP contribution in [0.25, 0.3) is 0 Å². The molecule has 0 unspecified atom stereocenters. The molecule has 0 fully saturated rings. The number of hydrogen-bond acceptors (Lipinski definition) is 9. The number of unbranched alkanes of at least 4 members (excludes halogenated alkanes) is 7. The predicted octanol–water partition coefficient (Wildman–Crippen LogP) is 5.63. The standard InChI is InChI=1S/C33H56O10/c1-2-3-4-5-6-7-8-11-30-14-16-31(17-15-30)42-28-26-40-24-22-38-20-18-37-19-21-39-23-25-41-27-29-43-33(36)13-10-9-12-32(34)35/h14-17H,2-13,18-29H2,1H3,(H,34,35). The van der Waals surface area contributed by atoms with Gasteiger partial charge in [-0.05, 0) is 43.4 Å². The number of esters is 1. The number of carboxylic acid groups (broad SMARTS) is 1. The maximum Gasteiger partial charge on any atom is 0.305 e. The summed E-state index contributed by atoms with van der Waals surface area (Å²) in [4.78, 5) is 21.9. The topological polar surface area (TPSA) is 119 Å². The molecule has 0 aliphatic heterocycles. The summed E-state index contributed by atoms with van der Waals surface area (Å²) >= 11 is 0. The van der Waals surface area contributed by atoms with Crippen molar-refractivity contribution in [2.45, 2.75) is 84.0 Å². The van der Waals surface area contributed by atoms with Gasteiger partial charge in [0.05, 0.1) is 66.1 Å². The number of ether oxygens (including phenoxy) is 7. The minimum atomic E-state index is -0.857. The molecule has 0 atom stereocenters. The van der Waals surface area contributed by atoms with Crippen molar-refractivity contribution in [3.05, 3.63) is 29.8 Å². The molecule has 0 spiro atoms. The molecule has 0 saturated heterocycles. The van der Waals surface area contributed by atoms with Gasteiger partial charge in [0.2, 0.25) is 0 Å². The van der Waals surface area contributed by atoms with Crippen LogP contribution in [-0.2, 0) is 44.4 Å². The Morgan fingerprint density at radius 2 is 1.02 bits per heavy atom. The van der Waals surface area contributed by atoms with Crippen LogP contribution in [0.5, 0.6) is 5.75 Å². The SMILES string of the molecule is CCCCCCCCCc1ccc(OCCOCCOCCOCCOCCOCCOC(=O)CCCCC(=O)O)cc1. The molecule has 10 heteroatoms. The third-order valence-corrected chi connectivity index (χ3v) is 6.49. The van der Waals surface area contributed by atoms with Crippen molar-refractivity contribution in [3.8, 4) is 5.75 Å². The Bertz CT molecular complexity index is 771. The van der Waals surface area contributed by atoms with Crippen molar-refractivity contribution in [2.24, 2.45) is 0 Å². The van der Waals surface area contributed by atoms with E-state index in [9.17, 15) is 9.59 Å². The van der Waals surface area contributed by atoms with Crippen molar-refractivity contribution in [2.75, 3.05) is 79.3 Å². The molecule has 43 heavy (non-hydrogen) atoms. The van der Waals surface area contributed by atoms with Gasteiger partial charge in [0.1, 0.15) is 19.0 Å². The number of rotatable bonds is 32. The van der Waals surface area contributed by atoms with Crippen molar-refractivity contribution in [1.82, 2.24) is 0 Å². The highest BCUT2D eigenvalue weighted by atomic mass is 16.6. The lowest BCUT2D eigenvalue weighted by Gasteiger charge is -2.09. The van der Waals surface area contributed by atoms with E-state index in [4.69, 9.17) is 38.3 Å². The summed E-state index contributed by atoms with van der Waals surface area (Å²) in [6.45, 7) is 7.49. The fourth-order valence-electron chi connectivity index (χ4n) is 4.07. The van der Waals surface area contributed by atoms with E-state index in [-0.39, 0.29) is 25.4 Å². The minimum Gasteiger partial charge on any atom is -0.491 e. The monoisotopic (exact) mass is 612 g/mol. The highest BCUT2D eigenvalue weighted by molar-refractivity contribution is 5.69. The molecule has 1 aromatic carbocycles. The molecule has 0 saturated carbocycles. The first-order valence-electron chi connectivity index (χ1n) is 16.1. The first kappa shape index (κ1) is 38.8. The van der Waals surface area contributed by atoms with E-state index in [2.05, 4.69) is 19.1 Å². The fourth-order valence-corrected chi connectivity index (χ4v) is 4.07. The number of carbonyl (C=O) groups excluding carboxylic acids is 1. The van der Waals surface area contributed by atoms with Gasteiger partial charge in [-0.25, -0.2) is 0 Å². The van der Waals surface area contributed by atoms with Crippen LogP contribution in [0, 0.1) is 0 Å². The Hall–Kier alpha value is -2.24. The summed E-state index contributed by atoms with van der Waals surface area (Å²) in [5, 5.41) is 8.55. The molecule has 0 amide bonds. The molecule has 1 rings (SSSR count). The highest BCUT2D eigenvalue weighted by Gasteiger charge is 2.04. The zero-order chi connectivity index (χ0) is 31.1. The molecule has 0 aromatic heterocycles. The second kappa shape index (κ2) is 29.8. The van der Waals surface area contributed by atoms with Gasteiger partial charge in [-0.1, -0.05) is 57.6 Å². The van der Waals surface area contributed by atoms with E-state index in [0.717, 1.165) is 12.2 Å². The third-order valence-electron chi connectivity index (χ3n) is 6.49. The largest absolute Gasteiger partial charge is 0.491 e. The second-order valence-electron chi connectivity index (χ2n) is 10.2. The zero-order valence-corrected chi connectivity index (χ0v) is 26.4. The Labute approximate surface area is 258 Å². The molecule has 0 aliphatic carbocycles. The maximum atomic E-state index is 11.5. The lowest BCUT2D eigenvalue weighted by Crippen LogP contribution is -2.15. The summed E-state index contributed by atoms with van der Waals surface area (Å²) in [6.07, 6.45) is 11.7. The molecule has 248 valence electrons. The number of hydrogen-bond donors (Lipinski definition) is 1. The quantitative estimate of drug-likeness (QED) is 0.0810. The number of benzene rings is 1. The van der Waals surface area contributed by atoms with Gasteiger partial charge in [-0.15, -0.1) is 0 Å². The predicted molar refractivity (Wildman–Crippen MR) is 165 cm³/mol. The normalized spacial score (nSPS) is 11.1. The Morgan fingerprint density at radius 3 is 1.56 bits per heavy atom. The van der Waals surface area contributed by atoms with Crippen molar-refractivity contribution in [1.29, 1.82) is 0 Å². The minimum absolute atomic E-state index is 0.0669. The van der Waals surface area contributed by atoms with Crippen LogP contribution in [0.3, 0.4) is 0 Å². The molecule has 0 aliphatic rings. The van der Waals surface area contributed by atoms with Crippen LogP contribution in [0.15, 0.2) is 24.3 Å². The Kier molecular flexibility index (Phi) is 26.9. The smallest absolute Gasteiger partial charge is 0.305 e. The lowest BCUT2D eigenvalue weighted by atomic mass is 10.0. The van der Waals surface area contributed by atoms with Crippen molar-refractivity contribution in [3.63, 3.8) is 0 Å². The van der Waals surface area contributed by atoms with Gasteiger partial charge in [-0.2, -0.15) is 0 Å². The molecule has 1 N–H and O–H groups in total. The van der Waals surface area contributed by atoms with Crippen LogP contribution < -0.4 is 4.74 Å². The molecule has 0 bridgehead atoms. The number of carbonyl (C=O) groups is 2. The van der Waals surface area contributed by atoms with Crippen LogP contribution >= 0.6 is 0 Å².